The Morgan fingerprint density at radius 3 is 1.08 bits per heavy atom. The summed E-state index contributed by atoms with van der Waals surface area (Å²) in [5, 5.41) is 0. The van der Waals surface area contributed by atoms with Gasteiger partial charge in [0.2, 0.25) is 0 Å². The summed E-state index contributed by atoms with van der Waals surface area (Å²) in [5.74, 6) is 0. The number of unbranched alkanes of at least 4 members (excludes halogenated alkanes) is 3. The summed E-state index contributed by atoms with van der Waals surface area (Å²) in [6, 6.07) is 0. The Morgan fingerprint density at radius 2 is 0.792 bits per heavy atom. The van der Waals surface area contributed by atoms with E-state index in [1.54, 1.807) is 0 Å². The van der Waals surface area contributed by atoms with Crippen molar-refractivity contribution in [2.75, 3.05) is 66.1 Å². The summed E-state index contributed by atoms with van der Waals surface area (Å²) >= 11 is 0. The van der Waals surface area contributed by atoms with E-state index in [1.807, 2.05) is 0 Å². The van der Waals surface area contributed by atoms with Crippen LogP contribution >= 0.6 is 0 Å². The second kappa shape index (κ2) is 14.0. The van der Waals surface area contributed by atoms with Crippen LogP contribution in [0.4, 0.5) is 0 Å². The zero-order chi connectivity index (χ0) is 16.7. The molecule has 2 unspecified atom stereocenters. The largest absolute Gasteiger partial charge is 0.381 e. The second-order valence-corrected chi connectivity index (χ2v) is 6.41. The fourth-order valence-electron chi connectivity index (χ4n) is 2.19. The molecule has 2 heterocycles. The first-order valence-electron chi connectivity index (χ1n) is 9.49. The molecule has 0 N–H and O–H groups in total. The molecule has 2 atom stereocenters. The number of rotatable bonds is 19. The van der Waals surface area contributed by atoms with Crippen molar-refractivity contribution >= 4 is 0 Å². The molecule has 0 aromatic rings. The molecular formula is C18H34O6. The molecule has 0 spiro atoms. The van der Waals surface area contributed by atoms with Gasteiger partial charge >= 0.3 is 0 Å². The van der Waals surface area contributed by atoms with Gasteiger partial charge in [-0.25, -0.2) is 0 Å². The van der Waals surface area contributed by atoms with Gasteiger partial charge in [-0.2, -0.15) is 0 Å². The zero-order valence-corrected chi connectivity index (χ0v) is 14.9. The molecule has 2 fully saturated rings. The Kier molecular flexibility index (Phi) is 11.7. The van der Waals surface area contributed by atoms with Crippen LogP contribution in [-0.4, -0.2) is 78.3 Å². The van der Waals surface area contributed by atoms with Crippen molar-refractivity contribution in [3.05, 3.63) is 0 Å². The van der Waals surface area contributed by atoms with E-state index >= 15 is 0 Å². The van der Waals surface area contributed by atoms with E-state index in [4.69, 9.17) is 28.4 Å². The molecule has 0 aromatic carbocycles. The van der Waals surface area contributed by atoms with Crippen molar-refractivity contribution in [1.29, 1.82) is 0 Å². The van der Waals surface area contributed by atoms with Crippen molar-refractivity contribution in [2.45, 2.75) is 50.7 Å². The minimum absolute atomic E-state index is 0.374. The smallest absolute Gasteiger partial charge is 0.104 e. The van der Waals surface area contributed by atoms with Crippen LogP contribution in [0.3, 0.4) is 0 Å². The quantitative estimate of drug-likeness (QED) is 0.264. The van der Waals surface area contributed by atoms with Gasteiger partial charge in [0.05, 0.1) is 26.4 Å². The van der Waals surface area contributed by atoms with E-state index < -0.39 is 0 Å². The van der Waals surface area contributed by atoms with Gasteiger partial charge in [-0.3, -0.25) is 0 Å². The van der Waals surface area contributed by atoms with Crippen LogP contribution in [0.25, 0.3) is 0 Å². The minimum Gasteiger partial charge on any atom is -0.381 e. The highest BCUT2D eigenvalue weighted by atomic mass is 16.6. The third-order valence-electron chi connectivity index (χ3n) is 3.89. The maximum atomic E-state index is 5.61. The molecular weight excluding hydrogens is 312 g/mol. The molecule has 0 aliphatic carbocycles. The average molecular weight is 346 g/mol. The van der Waals surface area contributed by atoms with Crippen molar-refractivity contribution in [3.8, 4) is 0 Å². The van der Waals surface area contributed by atoms with Crippen LogP contribution in [0.1, 0.15) is 38.5 Å². The Morgan fingerprint density at radius 1 is 0.500 bits per heavy atom. The number of ether oxygens (including phenoxy) is 6. The monoisotopic (exact) mass is 346 g/mol. The van der Waals surface area contributed by atoms with Gasteiger partial charge < -0.3 is 28.4 Å². The van der Waals surface area contributed by atoms with Gasteiger partial charge in [-0.15, -0.1) is 0 Å². The van der Waals surface area contributed by atoms with Crippen molar-refractivity contribution < 1.29 is 28.4 Å². The van der Waals surface area contributed by atoms with E-state index in [0.717, 1.165) is 105 Å². The van der Waals surface area contributed by atoms with Gasteiger partial charge in [0.15, 0.2) is 0 Å². The molecule has 2 aliphatic heterocycles. The van der Waals surface area contributed by atoms with Crippen LogP contribution in [0, 0.1) is 0 Å². The summed E-state index contributed by atoms with van der Waals surface area (Å²) in [6.07, 6.45) is 7.15. The molecule has 2 aliphatic rings. The fourth-order valence-corrected chi connectivity index (χ4v) is 2.19. The molecule has 0 saturated carbocycles. The van der Waals surface area contributed by atoms with Crippen LogP contribution in [0.15, 0.2) is 0 Å². The fraction of sp³-hybridized carbons (Fsp3) is 1.00. The summed E-state index contributed by atoms with van der Waals surface area (Å²) in [4.78, 5) is 0. The highest BCUT2D eigenvalue weighted by Gasteiger charge is 2.22. The normalized spacial score (nSPS) is 22.0. The molecule has 0 amide bonds. The van der Waals surface area contributed by atoms with Crippen LogP contribution in [0.2, 0.25) is 0 Å². The topological polar surface area (TPSA) is 62.0 Å². The van der Waals surface area contributed by atoms with Gasteiger partial charge in [0.25, 0.3) is 0 Å². The lowest BCUT2D eigenvalue weighted by Gasteiger charge is -2.06. The lowest BCUT2D eigenvalue weighted by Crippen LogP contribution is -2.05. The molecule has 0 aromatic heterocycles. The van der Waals surface area contributed by atoms with Gasteiger partial charge in [0.1, 0.15) is 12.2 Å². The Balaban J connectivity index is 1.15. The van der Waals surface area contributed by atoms with E-state index in [0.29, 0.717) is 12.2 Å². The van der Waals surface area contributed by atoms with E-state index in [9.17, 15) is 0 Å². The number of hydrogen-bond donors (Lipinski definition) is 0. The lowest BCUT2D eigenvalue weighted by molar-refractivity contribution is 0.0809. The molecule has 142 valence electrons. The van der Waals surface area contributed by atoms with Crippen molar-refractivity contribution in [1.82, 2.24) is 0 Å². The van der Waals surface area contributed by atoms with Gasteiger partial charge in [-0.05, 0) is 38.5 Å². The molecule has 2 saturated heterocycles. The standard InChI is InChI=1S/C18H34O6/c1(7-19-9-3-5-11-21-13-17-15-23-17)2-8-20-10-4-6-12-22-14-18-16-24-18/h17-18H,1-16H2. The first-order valence-corrected chi connectivity index (χ1v) is 9.49. The molecule has 0 bridgehead atoms. The van der Waals surface area contributed by atoms with E-state index in [-0.39, 0.29) is 0 Å². The summed E-state index contributed by atoms with van der Waals surface area (Å²) < 4.78 is 32.3. The predicted octanol–water partition coefficient (Wildman–Crippen LogP) is 2.19. The van der Waals surface area contributed by atoms with Crippen molar-refractivity contribution in [3.63, 3.8) is 0 Å². The summed E-state index contributed by atoms with van der Waals surface area (Å²) in [5.41, 5.74) is 0. The first kappa shape index (κ1) is 20.1. The first-order chi connectivity index (χ1) is 11.9. The maximum Gasteiger partial charge on any atom is 0.104 e. The maximum absolute atomic E-state index is 5.61. The van der Waals surface area contributed by atoms with Gasteiger partial charge in [-0.1, -0.05) is 0 Å². The summed E-state index contributed by atoms with van der Waals surface area (Å²) in [6.45, 7) is 8.20. The van der Waals surface area contributed by atoms with E-state index in [1.165, 1.54) is 0 Å². The molecule has 6 heteroatoms. The second-order valence-electron chi connectivity index (χ2n) is 6.41. The molecule has 0 radical (unpaired) electrons. The Bertz CT molecular complexity index is 253. The minimum atomic E-state index is 0.374. The van der Waals surface area contributed by atoms with Crippen LogP contribution in [-0.2, 0) is 28.4 Å². The van der Waals surface area contributed by atoms with E-state index in [2.05, 4.69) is 0 Å². The summed E-state index contributed by atoms with van der Waals surface area (Å²) in [7, 11) is 0. The van der Waals surface area contributed by atoms with Crippen LogP contribution in [0.5, 0.6) is 0 Å². The molecule has 24 heavy (non-hydrogen) atoms. The molecule has 6 nitrogen and oxygen atoms in total. The molecule has 2 rings (SSSR count). The van der Waals surface area contributed by atoms with Crippen molar-refractivity contribution in [2.24, 2.45) is 0 Å². The third kappa shape index (κ3) is 13.1. The highest BCUT2D eigenvalue weighted by Crippen LogP contribution is 2.09. The van der Waals surface area contributed by atoms with Gasteiger partial charge in [0, 0.05) is 39.6 Å². The highest BCUT2D eigenvalue weighted by molar-refractivity contribution is 4.67. The zero-order valence-electron chi connectivity index (χ0n) is 14.9. The SMILES string of the molecule is C(CCOCCCCOCC1CO1)COCCCCOCC1CO1. The Labute approximate surface area is 146 Å². The number of epoxide rings is 2. The average Bonchev–Trinajstić information content (AvgIpc) is 3.48. The lowest BCUT2D eigenvalue weighted by atomic mass is 10.3. The third-order valence-corrected chi connectivity index (χ3v) is 3.89. The Hall–Kier alpha value is -0.240. The predicted molar refractivity (Wildman–Crippen MR) is 90.5 cm³/mol. The van der Waals surface area contributed by atoms with Crippen LogP contribution < -0.4 is 0 Å². The number of hydrogen-bond acceptors (Lipinski definition) is 6.